The maximum Gasteiger partial charge on any atom is 0.225 e. The fraction of sp³-hybridized carbons (Fsp3) is 0.308. The molecule has 0 unspecified atom stereocenters. The highest BCUT2D eigenvalue weighted by molar-refractivity contribution is 7.18. The number of halogens is 3. The quantitative estimate of drug-likeness (QED) is 0.194. The smallest absolute Gasteiger partial charge is 0.225 e. The van der Waals surface area contributed by atoms with Crippen LogP contribution in [0.4, 0.5) is 13.2 Å². The number of fused-ring (bicyclic) bond motifs is 1. The van der Waals surface area contributed by atoms with Gasteiger partial charge in [0.15, 0.2) is 29.1 Å². The zero-order chi connectivity index (χ0) is 30.6. The van der Waals surface area contributed by atoms with E-state index in [1.54, 1.807) is 18.2 Å². The van der Waals surface area contributed by atoms with Crippen LogP contribution >= 0.6 is 11.3 Å². The summed E-state index contributed by atoms with van der Waals surface area (Å²) in [6, 6.07) is 5.42. The summed E-state index contributed by atoms with van der Waals surface area (Å²) in [6.45, 7) is 1.19. The van der Waals surface area contributed by atoms with Gasteiger partial charge in [0.05, 0.1) is 40.1 Å². The molecule has 1 amide bonds. The molecular formula is C26H23F3N8O5S. The number of aliphatic hydroxyl groups excluding tert-OH is 3. The number of ether oxygens (including phenoxy) is 1. The van der Waals surface area contributed by atoms with Gasteiger partial charge in [-0.2, -0.15) is 5.10 Å². The highest BCUT2D eigenvalue weighted by Crippen LogP contribution is 2.39. The maximum absolute atomic E-state index is 13.9. The van der Waals surface area contributed by atoms with Crippen LogP contribution in [0.1, 0.15) is 28.8 Å². The molecule has 0 aliphatic carbocycles. The van der Waals surface area contributed by atoms with Crippen LogP contribution in [-0.4, -0.2) is 80.9 Å². The third-order valence-electron chi connectivity index (χ3n) is 6.97. The van der Waals surface area contributed by atoms with E-state index in [1.807, 2.05) is 6.92 Å². The summed E-state index contributed by atoms with van der Waals surface area (Å²) in [5.41, 5.74) is 6.40. The molecule has 1 aliphatic heterocycles. The first-order valence-corrected chi connectivity index (χ1v) is 13.7. The number of aliphatic hydroxyl groups is 3. The van der Waals surface area contributed by atoms with E-state index in [2.05, 4.69) is 25.4 Å². The van der Waals surface area contributed by atoms with E-state index in [1.165, 1.54) is 22.2 Å². The van der Waals surface area contributed by atoms with Crippen molar-refractivity contribution in [1.82, 2.24) is 34.7 Å². The first kappa shape index (κ1) is 28.8. The van der Waals surface area contributed by atoms with E-state index in [0.29, 0.717) is 5.69 Å². The molecule has 1 aliphatic rings. The molecule has 6 rings (SSSR count). The lowest BCUT2D eigenvalue weighted by Crippen LogP contribution is -2.53. The number of aromatic nitrogens is 7. The van der Waals surface area contributed by atoms with Gasteiger partial charge in [0.1, 0.15) is 36.2 Å². The van der Waals surface area contributed by atoms with E-state index >= 15 is 0 Å². The number of hydrogen-bond acceptors (Lipinski definition) is 11. The third kappa shape index (κ3) is 5.25. The lowest BCUT2D eigenvalue weighted by atomic mass is 9.92. The summed E-state index contributed by atoms with van der Waals surface area (Å²) < 4.78 is 50.3. The number of aryl methyl sites for hydroxylation is 1. The minimum atomic E-state index is -1.65. The molecule has 0 bridgehead atoms. The highest BCUT2D eigenvalue weighted by atomic mass is 32.1. The Bertz CT molecular complexity index is 1820. The molecule has 1 fully saturated rings. The van der Waals surface area contributed by atoms with Gasteiger partial charge in [-0.05, 0) is 37.3 Å². The summed E-state index contributed by atoms with van der Waals surface area (Å²) in [5, 5.41) is 45.7. The molecule has 43 heavy (non-hydrogen) atoms. The van der Waals surface area contributed by atoms with Crippen molar-refractivity contribution in [3.05, 3.63) is 70.6 Å². The Morgan fingerprint density at radius 2 is 1.86 bits per heavy atom. The Morgan fingerprint density at radius 3 is 2.56 bits per heavy atom. The molecular weight excluding hydrogens is 593 g/mol. The van der Waals surface area contributed by atoms with E-state index < -0.39 is 60.4 Å². The van der Waals surface area contributed by atoms with Crippen molar-refractivity contribution >= 4 is 27.5 Å². The molecule has 13 nitrogen and oxygen atoms in total. The molecule has 3 aromatic heterocycles. The monoisotopic (exact) mass is 616 g/mol. The van der Waals surface area contributed by atoms with Gasteiger partial charge in [0.2, 0.25) is 5.91 Å². The average Bonchev–Trinajstić information content (AvgIpc) is 3.69. The number of rotatable bonds is 7. The fourth-order valence-electron chi connectivity index (χ4n) is 5.02. The molecule has 0 spiro atoms. The van der Waals surface area contributed by atoms with E-state index in [4.69, 9.17) is 10.5 Å². The van der Waals surface area contributed by atoms with Gasteiger partial charge in [0, 0.05) is 5.56 Å². The minimum absolute atomic E-state index is 0.0303. The number of primary amides is 1. The summed E-state index contributed by atoms with van der Waals surface area (Å²) in [6.07, 6.45) is -4.87. The van der Waals surface area contributed by atoms with Gasteiger partial charge in [-0.1, -0.05) is 5.21 Å². The Balaban J connectivity index is 1.42. The van der Waals surface area contributed by atoms with Crippen molar-refractivity contribution in [3.8, 4) is 16.9 Å². The first-order chi connectivity index (χ1) is 20.5. The minimum Gasteiger partial charge on any atom is -0.394 e. The van der Waals surface area contributed by atoms with Crippen LogP contribution in [0, 0.1) is 24.4 Å². The topological polar surface area (TPSA) is 187 Å². The van der Waals surface area contributed by atoms with Crippen LogP contribution < -0.4 is 5.73 Å². The van der Waals surface area contributed by atoms with Crippen molar-refractivity contribution in [2.24, 2.45) is 5.73 Å². The number of nitrogens with two attached hydrogens (primary N) is 1. The lowest BCUT2D eigenvalue weighted by molar-refractivity contribution is -0.210. The van der Waals surface area contributed by atoms with Crippen LogP contribution in [-0.2, 0) is 16.0 Å². The number of carbonyl (C=O) groups is 1. The van der Waals surface area contributed by atoms with Gasteiger partial charge in [-0.25, -0.2) is 32.5 Å². The number of thiazole rings is 1. The average molecular weight is 617 g/mol. The van der Waals surface area contributed by atoms with Gasteiger partial charge >= 0.3 is 0 Å². The number of nitrogens with zero attached hydrogens (tertiary/aromatic N) is 7. The van der Waals surface area contributed by atoms with Crippen LogP contribution in [0.2, 0.25) is 0 Å². The molecule has 0 saturated carbocycles. The zero-order valence-corrected chi connectivity index (χ0v) is 23.0. The molecule has 1 saturated heterocycles. The van der Waals surface area contributed by atoms with Crippen LogP contribution in [0.15, 0.2) is 36.5 Å². The fourth-order valence-corrected chi connectivity index (χ4v) is 5.88. The lowest BCUT2D eigenvalue weighted by Gasteiger charge is -2.41. The SMILES string of the molecule is Cc1nc2ccc(-n3nc(CC(N)=O)nc3[C@@H]3O[C@H](CO)[C@H](O)[C@H](n4cc(-c5cc(F)c(F)c(F)c5)nn4)[C@H]3O)cc2s1. The molecule has 5 N–H and O–H groups in total. The van der Waals surface area contributed by atoms with Gasteiger partial charge in [-0.3, -0.25) is 4.79 Å². The van der Waals surface area contributed by atoms with E-state index in [9.17, 15) is 33.3 Å². The number of amides is 1. The second-order valence-electron chi connectivity index (χ2n) is 9.91. The summed E-state index contributed by atoms with van der Waals surface area (Å²) in [4.78, 5) is 20.6. The first-order valence-electron chi connectivity index (χ1n) is 12.8. The molecule has 17 heteroatoms. The zero-order valence-electron chi connectivity index (χ0n) is 22.2. The largest absolute Gasteiger partial charge is 0.394 e. The number of benzene rings is 2. The highest BCUT2D eigenvalue weighted by Gasteiger charge is 2.48. The maximum atomic E-state index is 13.9. The van der Waals surface area contributed by atoms with Gasteiger partial charge in [0.25, 0.3) is 0 Å². The Labute approximate surface area is 244 Å². The Kier molecular flexibility index (Phi) is 7.43. The molecule has 0 radical (unpaired) electrons. The van der Waals surface area contributed by atoms with Crippen LogP contribution in [0.25, 0.3) is 27.2 Å². The van der Waals surface area contributed by atoms with Gasteiger partial charge in [-0.15, -0.1) is 16.4 Å². The second-order valence-corrected chi connectivity index (χ2v) is 11.1. The summed E-state index contributed by atoms with van der Waals surface area (Å²) in [5.74, 6) is -5.16. The molecule has 224 valence electrons. The molecule has 4 heterocycles. The van der Waals surface area contributed by atoms with Crippen molar-refractivity contribution < 1.29 is 38.0 Å². The molecule has 5 aromatic rings. The van der Waals surface area contributed by atoms with Crippen molar-refractivity contribution in [1.29, 1.82) is 0 Å². The van der Waals surface area contributed by atoms with Gasteiger partial charge < -0.3 is 25.8 Å². The van der Waals surface area contributed by atoms with E-state index in [0.717, 1.165) is 32.0 Å². The second kappa shape index (κ2) is 11.1. The van der Waals surface area contributed by atoms with Crippen molar-refractivity contribution in [2.45, 2.75) is 43.8 Å². The predicted octanol–water partition coefficient (Wildman–Crippen LogP) is 1.28. The summed E-state index contributed by atoms with van der Waals surface area (Å²) >= 11 is 1.45. The van der Waals surface area contributed by atoms with E-state index in [-0.39, 0.29) is 29.3 Å². The van der Waals surface area contributed by atoms with Crippen LogP contribution in [0.5, 0.6) is 0 Å². The molecule has 2 aromatic carbocycles. The normalized spacial score (nSPS) is 22.3. The van der Waals surface area contributed by atoms with Crippen molar-refractivity contribution in [2.75, 3.05) is 6.61 Å². The Morgan fingerprint density at radius 1 is 1.12 bits per heavy atom. The Hall–Kier alpha value is -4.29. The van der Waals surface area contributed by atoms with Crippen molar-refractivity contribution in [3.63, 3.8) is 0 Å². The number of hydrogen-bond donors (Lipinski definition) is 4. The number of carbonyl (C=O) groups excluding carboxylic acids is 1. The predicted molar refractivity (Wildman–Crippen MR) is 143 cm³/mol. The molecule has 5 atom stereocenters. The standard InChI is InChI=1S/C26H23F3N8O5S/c1-10-31-15-3-2-12(6-18(15)43-10)37-26(32-20(34-37)7-19(30)39)25-24(41)22(23(40)17(9-38)42-25)36-8-16(33-35-36)11-4-13(27)21(29)14(28)5-11/h2-6,8,17,22-25,38,40-41H,7,9H2,1H3,(H2,30,39)/t17-,22+,23+,24-,25-/m1/s1. The van der Waals surface area contributed by atoms with Crippen LogP contribution in [0.3, 0.4) is 0 Å². The summed E-state index contributed by atoms with van der Waals surface area (Å²) in [7, 11) is 0. The third-order valence-corrected chi connectivity index (χ3v) is 7.91.